The van der Waals surface area contributed by atoms with Gasteiger partial charge in [-0.25, -0.2) is 14.6 Å². The molecule has 0 atom stereocenters. The Morgan fingerprint density at radius 1 is 0.969 bits per heavy atom. The number of aryl methyl sites for hydroxylation is 1. The third-order valence-corrected chi connectivity index (χ3v) is 4.92. The number of benzene rings is 2. The van der Waals surface area contributed by atoms with Crippen LogP contribution >= 0.6 is 0 Å². The second kappa shape index (κ2) is 10.2. The molecule has 9 nitrogen and oxygen atoms in total. The number of anilines is 1. The van der Waals surface area contributed by atoms with Gasteiger partial charge in [0.05, 0.1) is 12.9 Å². The van der Waals surface area contributed by atoms with Gasteiger partial charge in [-0.05, 0) is 29.3 Å². The van der Waals surface area contributed by atoms with Gasteiger partial charge in [-0.3, -0.25) is 9.59 Å². The Morgan fingerprint density at radius 2 is 1.84 bits per heavy atom. The maximum absolute atomic E-state index is 12.7. The second-order valence-electron chi connectivity index (χ2n) is 7.22. The molecule has 2 N–H and O–H groups in total. The highest BCUT2D eigenvalue weighted by molar-refractivity contribution is 5.97. The summed E-state index contributed by atoms with van der Waals surface area (Å²) in [5.41, 5.74) is 3.11. The topological polar surface area (TPSA) is 107 Å². The molecular formula is C23H23N7O2. The fraction of sp³-hybridized carbons (Fsp3) is 0.174. The molecular weight excluding hydrogens is 406 g/mol. The van der Waals surface area contributed by atoms with Crippen LogP contribution in [-0.2, 0) is 24.4 Å². The molecule has 0 saturated heterocycles. The first-order valence-electron chi connectivity index (χ1n) is 10.2. The third-order valence-electron chi connectivity index (χ3n) is 4.92. The molecule has 0 fully saturated rings. The molecule has 0 aliphatic carbocycles. The van der Waals surface area contributed by atoms with E-state index in [9.17, 15) is 9.59 Å². The van der Waals surface area contributed by atoms with E-state index in [4.69, 9.17) is 0 Å². The Balaban J connectivity index is 1.34. The number of imidazole rings is 1. The summed E-state index contributed by atoms with van der Waals surface area (Å²) in [4.78, 5) is 32.8. The Labute approximate surface area is 185 Å². The van der Waals surface area contributed by atoms with Crippen LogP contribution in [0.1, 0.15) is 27.9 Å². The minimum atomic E-state index is -0.213. The number of hydrogen-bond acceptors (Lipinski definition) is 5. The number of carbonyl (C=O) groups is 2. The highest BCUT2D eigenvalue weighted by Crippen LogP contribution is 2.13. The summed E-state index contributed by atoms with van der Waals surface area (Å²) in [6, 6.07) is 14.8. The van der Waals surface area contributed by atoms with Crippen LogP contribution in [0.2, 0.25) is 0 Å². The van der Waals surface area contributed by atoms with Crippen molar-refractivity contribution < 1.29 is 9.59 Å². The molecule has 0 spiro atoms. The van der Waals surface area contributed by atoms with Crippen molar-refractivity contribution in [2.24, 2.45) is 0 Å². The number of amides is 2. The van der Waals surface area contributed by atoms with Crippen molar-refractivity contribution in [3.05, 3.63) is 96.6 Å². The molecule has 32 heavy (non-hydrogen) atoms. The lowest BCUT2D eigenvalue weighted by Crippen LogP contribution is -2.24. The fourth-order valence-corrected chi connectivity index (χ4v) is 3.26. The minimum Gasteiger partial charge on any atom is -0.348 e. The standard InChI is InChI=1S/C23H23N7O2/c31-22(8-10-29-11-9-24-16-29)28-21-7-3-6-18(12-21)23(32)26-13-19-4-1-2-5-20(19)14-30-17-25-15-27-30/h1-7,9,11-12,15-17H,8,10,13-14H2,(H,26,32)(H,28,31). The number of aromatic nitrogens is 5. The molecule has 2 heterocycles. The summed E-state index contributed by atoms with van der Waals surface area (Å²) in [5, 5.41) is 9.93. The third kappa shape index (κ3) is 5.66. The van der Waals surface area contributed by atoms with Crippen LogP contribution in [0.25, 0.3) is 0 Å². The van der Waals surface area contributed by atoms with E-state index in [0.29, 0.717) is 37.3 Å². The van der Waals surface area contributed by atoms with E-state index in [2.05, 4.69) is 25.7 Å². The van der Waals surface area contributed by atoms with Crippen molar-refractivity contribution in [3.63, 3.8) is 0 Å². The lowest BCUT2D eigenvalue weighted by atomic mass is 10.1. The first-order chi connectivity index (χ1) is 15.7. The van der Waals surface area contributed by atoms with Crippen LogP contribution in [0.5, 0.6) is 0 Å². The second-order valence-corrected chi connectivity index (χ2v) is 7.22. The van der Waals surface area contributed by atoms with Gasteiger partial charge in [0.1, 0.15) is 12.7 Å². The van der Waals surface area contributed by atoms with Crippen LogP contribution in [0, 0.1) is 0 Å². The zero-order chi connectivity index (χ0) is 22.2. The average molecular weight is 429 g/mol. The molecule has 0 bridgehead atoms. The van der Waals surface area contributed by atoms with E-state index in [1.165, 1.54) is 6.33 Å². The molecule has 9 heteroatoms. The van der Waals surface area contributed by atoms with Crippen molar-refractivity contribution in [1.29, 1.82) is 0 Å². The van der Waals surface area contributed by atoms with Crippen molar-refractivity contribution in [3.8, 4) is 0 Å². The molecule has 2 aromatic carbocycles. The molecule has 0 saturated carbocycles. The van der Waals surface area contributed by atoms with Crippen molar-refractivity contribution in [2.45, 2.75) is 26.1 Å². The monoisotopic (exact) mass is 429 g/mol. The van der Waals surface area contributed by atoms with Gasteiger partial charge in [-0.15, -0.1) is 0 Å². The van der Waals surface area contributed by atoms with Crippen LogP contribution in [0.4, 0.5) is 5.69 Å². The zero-order valence-electron chi connectivity index (χ0n) is 17.4. The van der Waals surface area contributed by atoms with Gasteiger partial charge in [0.15, 0.2) is 0 Å². The lowest BCUT2D eigenvalue weighted by molar-refractivity contribution is -0.116. The number of nitrogens with one attached hydrogen (secondary N) is 2. The predicted molar refractivity (Wildman–Crippen MR) is 119 cm³/mol. The number of nitrogens with zero attached hydrogens (tertiary/aromatic N) is 5. The van der Waals surface area contributed by atoms with Gasteiger partial charge in [0, 0.05) is 43.2 Å². The Kier molecular flexibility index (Phi) is 6.66. The van der Waals surface area contributed by atoms with E-state index in [-0.39, 0.29) is 11.8 Å². The molecule has 162 valence electrons. The fourth-order valence-electron chi connectivity index (χ4n) is 3.26. The highest BCUT2D eigenvalue weighted by Gasteiger charge is 2.10. The molecule has 2 aromatic heterocycles. The summed E-state index contributed by atoms with van der Waals surface area (Å²) in [7, 11) is 0. The zero-order valence-corrected chi connectivity index (χ0v) is 17.4. The van der Waals surface area contributed by atoms with Crippen molar-refractivity contribution in [1.82, 2.24) is 29.6 Å². The Hall–Kier alpha value is -4.27. The van der Waals surface area contributed by atoms with Crippen molar-refractivity contribution in [2.75, 3.05) is 5.32 Å². The molecule has 0 radical (unpaired) electrons. The van der Waals surface area contributed by atoms with Gasteiger partial charge in [0.25, 0.3) is 5.91 Å². The van der Waals surface area contributed by atoms with E-state index < -0.39 is 0 Å². The first-order valence-corrected chi connectivity index (χ1v) is 10.2. The largest absolute Gasteiger partial charge is 0.348 e. The quantitative estimate of drug-likeness (QED) is 0.425. The van der Waals surface area contributed by atoms with Crippen LogP contribution in [0.3, 0.4) is 0 Å². The first kappa shape index (κ1) is 21.0. The van der Waals surface area contributed by atoms with Crippen LogP contribution in [0.15, 0.2) is 79.9 Å². The van der Waals surface area contributed by atoms with Gasteiger partial charge in [-0.2, -0.15) is 5.10 Å². The molecule has 0 unspecified atom stereocenters. The predicted octanol–water partition coefficient (Wildman–Crippen LogP) is 2.48. The maximum Gasteiger partial charge on any atom is 0.251 e. The minimum absolute atomic E-state index is 0.127. The van der Waals surface area contributed by atoms with E-state index in [1.54, 1.807) is 47.8 Å². The Bertz CT molecular complexity index is 1170. The molecule has 4 rings (SSSR count). The molecule has 4 aromatic rings. The summed E-state index contributed by atoms with van der Waals surface area (Å²) in [5.74, 6) is -0.339. The van der Waals surface area contributed by atoms with E-state index in [1.807, 2.05) is 35.0 Å². The number of hydrogen-bond donors (Lipinski definition) is 2. The van der Waals surface area contributed by atoms with Gasteiger partial charge in [0.2, 0.25) is 5.91 Å². The van der Waals surface area contributed by atoms with Crippen LogP contribution < -0.4 is 10.6 Å². The molecule has 2 amide bonds. The van der Waals surface area contributed by atoms with Gasteiger partial charge < -0.3 is 15.2 Å². The normalized spacial score (nSPS) is 10.6. The molecule has 0 aliphatic heterocycles. The van der Waals surface area contributed by atoms with E-state index >= 15 is 0 Å². The highest BCUT2D eigenvalue weighted by atomic mass is 16.2. The molecule has 0 aliphatic rings. The average Bonchev–Trinajstić information content (AvgIpc) is 3.51. The van der Waals surface area contributed by atoms with Crippen LogP contribution in [-0.4, -0.2) is 36.1 Å². The number of rotatable bonds is 9. The van der Waals surface area contributed by atoms with E-state index in [0.717, 1.165) is 11.1 Å². The maximum atomic E-state index is 12.7. The smallest absolute Gasteiger partial charge is 0.251 e. The van der Waals surface area contributed by atoms with Crippen molar-refractivity contribution >= 4 is 17.5 Å². The van der Waals surface area contributed by atoms with Gasteiger partial charge >= 0.3 is 0 Å². The lowest BCUT2D eigenvalue weighted by Gasteiger charge is -2.12. The summed E-state index contributed by atoms with van der Waals surface area (Å²) < 4.78 is 3.57. The number of carbonyl (C=O) groups excluding carboxylic acids is 2. The summed E-state index contributed by atoms with van der Waals surface area (Å²) >= 11 is 0. The Morgan fingerprint density at radius 3 is 2.62 bits per heavy atom. The van der Waals surface area contributed by atoms with Gasteiger partial charge in [-0.1, -0.05) is 30.3 Å². The summed E-state index contributed by atoms with van der Waals surface area (Å²) in [6.45, 7) is 1.50. The SMILES string of the molecule is O=C(CCn1ccnc1)Nc1cccc(C(=O)NCc2ccccc2Cn2cncn2)c1. The summed E-state index contributed by atoms with van der Waals surface area (Å²) in [6.07, 6.45) is 8.62.